The zero-order valence-corrected chi connectivity index (χ0v) is 12.0. The maximum absolute atomic E-state index is 12.3. The van der Waals surface area contributed by atoms with Crippen LogP contribution in [0.4, 0.5) is 0 Å². The summed E-state index contributed by atoms with van der Waals surface area (Å²) in [5.41, 5.74) is 6.03. The van der Waals surface area contributed by atoms with Gasteiger partial charge < -0.3 is 10.6 Å². The molecule has 0 aromatic rings. The second-order valence-electron chi connectivity index (χ2n) is 5.73. The second kappa shape index (κ2) is 5.80. The van der Waals surface area contributed by atoms with Crippen molar-refractivity contribution in [2.75, 3.05) is 13.1 Å². The molecule has 0 aromatic heterocycles. The van der Waals surface area contributed by atoms with Gasteiger partial charge in [0, 0.05) is 13.1 Å². The summed E-state index contributed by atoms with van der Waals surface area (Å²) in [5, 5.41) is 0. The molecule has 0 bridgehead atoms. The molecule has 0 aromatic carbocycles. The number of carbonyl (C=O) groups excluding carboxylic acids is 1. The minimum absolute atomic E-state index is 0.134. The highest BCUT2D eigenvalue weighted by Gasteiger charge is 2.31. The van der Waals surface area contributed by atoms with Gasteiger partial charge in [-0.1, -0.05) is 39.4 Å². The molecule has 17 heavy (non-hydrogen) atoms. The lowest BCUT2D eigenvalue weighted by Gasteiger charge is -2.38. The molecule has 1 fully saturated rings. The molecule has 1 amide bonds. The summed E-state index contributed by atoms with van der Waals surface area (Å²) >= 11 is 5.00. The second-order valence-corrected chi connectivity index (χ2v) is 6.20. The molecule has 0 spiro atoms. The van der Waals surface area contributed by atoms with Crippen LogP contribution in [0.1, 0.15) is 46.5 Å². The number of nitrogens with two attached hydrogens (primary N) is 1. The molecule has 1 saturated heterocycles. The Labute approximate surface area is 110 Å². The van der Waals surface area contributed by atoms with Crippen LogP contribution in [0.3, 0.4) is 0 Å². The van der Waals surface area contributed by atoms with Gasteiger partial charge in [-0.2, -0.15) is 0 Å². The highest BCUT2D eigenvalue weighted by molar-refractivity contribution is 7.80. The Hall–Kier alpha value is -0.640. The molecule has 1 rings (SSSR count). The van der Waals surface area contributed by atoms with Crippen LogP contribution in [-0.4, -0.2) is 28.9 Å². The first kappa shape index (κ1) is 14.4. The van der Waals surface area contributed by atoms with Gasteiger partial charge in [-0.15, -0.1) is 0 Å². The lowest BCUT2D eigenvalue weighted by molar-refractivity contribution is -0.135. The third kappa shape index (κ3) is 3.95. The maximum Gasteiger partial charge on any atom is 0.232 e. The Morgan fingerprint density at radius 1 is 1.41 bits per heavy atom. The van der Waals surface area contributed by atoms with Crippen molar-refractivity contribution in [2.24, 2.45) is 17.1 Å². The highest BCUT2D eigenvalue weighted by Crippen LogP contribution is 2.30. The molecule has 3 nitrogen and oxygen atoms in total. The molecule has 1 aliphatic rings. The van der Waals surface area contributed by atoms with Crippen LogP contribution in [0.15, 0.2) is 0 Å². The molecule has 0 radical (unpaired) electrons. The molecule has 98 valence electrons. The van der Waals surface area contributed by atoms with E-state index in [-0.39, 0.29) is 11.8 Å². The van der Waals surface area contributed by atoms with Crippen molar-refractivity contribution in [3.05, 3.63) is 0 Å². The van der Waals surface area contributed by atoms with Crippen molar-refractivity contribution in [3.8, 4) is 0 Å². The number of rotatable bonds is 4. The predicted octanol–water partition coefficient (Wildman–Crippen LogP) is 2.34. The zero-order valence-electron chi connectivity index (χ0n) is 11.2. The summed E-state index contributed by atoms with van der Waals surface area (Å²) < 4.78 is 0. The van der Waals surface area contributed by atoms with E-state index in [4.69, 9.17) is 18.0 Å². The maximum atomic E-state index is 12.3. The van der Waals surface area contributed by atoms with Gasteiger partial charge in [0.15, 0.2) is 0 Å². The topological polar surface area (TPSA) is 46.3 Å². The minimum Gasteiger partial charge on any atom is -0.393 e. The quantitative estimate of drug-likeness (QED) is 0.785. The lowest BCUT2D eigenvalue weighted by Crippen LogP contribution is -2.46. The van der Waals surface area contributed by atoms with Gasteiger partial charge >= 0.3 is 0 Å². The fraction of sp³-hybridized carbons (Fsp3) is 0.846. The Kier molecular flexibility index (Phi) is 4.92. The van der Waals surface area contributed by atoms with Crippen LogP contribution >= 0.6 is 12.2 Å². The van der Waals surface area contributed by atoms with Crippen LogP contribution in [0.5, 0.6) is 0 Å². The van der Waals surface area contributed by atoms with E-state index in [0.717, 1.165) is 38.8 Å². The first-order valence-electron chi connectivity index (χ1n) is 6.45. The first-order chi connectivity index (χ1) is 7.87. The Morgan fingerprint density at radius 3 is 2.35 bits per heavy atom. The summed E-state index contributed by atoms with van der Waals surface area (Å²) in [5.74, 6) is -0.119. The van der Waals surface area contributed by atoms with Crippen LogP contribution < -0.4 is 5.73 Å². The van der Waals surface area contributed by atoms with Crippen molar-refractivity contribution >= 4 is 23.1 Å². The van der Waals surface area contributed by atoms with E-state index < -0.39 is 0 Å². The first-order valence-corrected chi connectivity index (χ1v) is 6.86. The molecular weight excluding hydrogens is 232 g/mol. The van der Waals surface area contributed by atoms with Gasteiger partial charge in [0.2, 0.25) is 5.91 Å². The molecule has 2 N–H and O–H groups in total. The third-order valence-corrected chi connectivity index (χ3v) is 3.93. The fourth-order valence-corrected chi connectivity index (χ4v) is 2.45. The van der Waals surface area contributed by atoms with Crippen molar-refractivity contribution < 1.29 is 4.79 Å². The minimum atomic E-state index is -0.254. The van der Waals surface area contributed by atoms with Crippen molar-refractivity contribution in [3.63, 3.8) is 0 Å². The molecule has 1 heterocycles. The SMILES string of the molecule is CCCC(C(=O)N1CCC(C)(C)CC1)C(N)=S. The number of likely N-dealkylation sites (tertiary alicyclic amines) is 1. The Morgan fingerprint density at radius 2 is 1.94 bits per heavy atom. The average Bonchev–Trinajstić information content (AvgIpc) is 2.24. The van der Waals surface area contributed by atoms with Crippen molar-refractivity contribution in [1.29, 1.82) is 0 Å². The summed E-state index contributed by atoms with van der Waals surface area (Å²) in [4.78, 5) is 14.6. The Balaban J connectivity index is 2.60. The largest absolute Gasteiger partial charge is 0.393 e. The normalized spacial score (nSPS) is 21.0. The van der Waals surface area contributed by atoms with E-state index in [0.29, 0.717) is 10.4 Å². The number of nitrogens with zero attached hydrogens (tertiary/aromatic N) is 1. The monoisotopic (exact) mass is 256 g/mol. The Bertz CT molecular complexity index is 292. The highest BCUT2D eigenvalue weighted by atomic mass is 32.1. The van der Waals surface area contributed by atoms with E-state index in [9.17, 15) is 4.79 Å². The number of amides is 1. The molecule has 0 aliphatic carbocycles. The van der Waals surface area contributed by atoms with Crippen molar-refractivity contribution in [2.45, 2.75) is 46.5 Å². The molecule has 0 saturated carbocycles. The molecule has 1 unspecified atom stereocenters. The molecule has 4 heteroatoms. The van der Waals surface area contributed by atoms with E-state index in [1.165, 1.54) is 0 Å². The van der Waals surface area contributed by atoms with Crippen LogP contribution in [0.2, 0.25) is 0 Å². The summed E-state index contributed by atoms with van der Waals surface area (Å²) in [6.07, 6.45) is 3.84. The summed E-state index contributed by atoms with van der Waals surface area (Å²) in [6.45, 7) is 8.25. The van der Waals surface area contributed by atoms with Crippen LogP contribution in [-0.2, 0) is 4.79 Å². The zero-order chi connectivity index (χ0) is 13.1. The van der Waals surface area contributed by atoms with Gasteiger partial charge in [-0.05, 0) is 24.7 Å². The van der Waals surface area contributed by atoms with E-state index in [1.54, 1.807) is 0 Å². The number of hydrogen-bond acceptors (Lipinski definition) is 2. The van der Waals surface area contributed by atoms with Gasteiger partial charge in [-0.25, -0.2) is 0 Å². The van der Waals surface area contributed by atoms with Gasteiger partial charge in [0.25, 0.3) is 0 Å². The number of carbonyl (C=O) groups is 1. The lowest BCUT2D eigenvalue weighted by atomic mass is 9.82. The summed E-state index contributed by atoms with van der Waals surface area (Å²) in [6, 6.07) is 0. The number of thiocarbonyl (C=S) groups is 1. The molecular formula is C13H24N2OS. The fourth-order valence-electron chi connectivity index (χ4n) is 2.23. The van der Waals surface area contributed by atoms with Crippen molar-refractivity contribution in [1.82, 2.24) is 4.90 Å². The molecule has 1 atom stereocenters. The van der Waals surface area contributed by atoms with E-state index in [2.05, 4.69) is 20.8 Å². The van der Waals surface area contributed by atoms with Gasteiger partial charge in [-0.3, -0.25) is 4.79 Å². The van der Waals surface area contributed by atoms with Crippen LogP contribution in [0, 0.1) is 11.3 Å². The van der Waals surface area contributed by atoms with Gasteiger partial charge in [0.1, 0.15) is 0 Å². The standard InChI is InChI=1S/C13H24N2OS/c1-4-5-10(11(14)17)12(16)15-8-6-13(2,3)7-9-15/h10H,4-9H2,1-3H3,(H2,14,17). The van der Waals surface area contributed by atoms with Gasteiger partial charge in [0.05, 0.1) is 10.9 Å². The summed E-state index contributed by atoms with van der Waals surface area (Å²) in [7, 11) is 0. The van der Waals surface area contributed by atoms with E-state index >= 15 is 0 Å². The van der Waals surface area contributed by atoms with Crippen LogP contribution in [0.25, 0.3) is 0 Å². The number of hydrogen-bond donors (Lipinski definition) is 1. The number of piperidine rings is 1. The average molecular weight is 256 g/mol. The smallest absolute Gasteiger partial charge is 0.232 e. The third-order valence-electron chi connectivity index (χ3n) is 3.65. The van der Waals surface area contributed by atoms with E-state index in [1.807, 2.05) is 4.90 Å². The predicted molar refractivity (Wildman–Crippen MR) is 74.8 cm³/mol. The molecule has 1 aliphatic heterocycles.